The number of allylic oxidation sites excluding steroid dienone is 2. The molecular formula is C24H34F2. The van der Waals surface area contributed by atoms with Crippen molar-refractivity contribution in [2.75, 3.05) is 0 Å². The van der Waals surface area contributed by atoms with Gasteiger partial charge in [-0.25, -0.2) is 8.78 Å². The maximum Gasteiger partial charge on any atom is 0.159 e. The summed E-state index contributed by atoms with van der Waals surface area (Å²) in [5, 5.41) is 0. The van der Waals surface area contributed by atoms with E-state index in [-0.39, 0.29) is 0 Å². The molecule has 0 unspecified atom stereocenters. The number of rotatable bonds is 6. The zero-order valence-electron chi connectivity index (χ0n) is 16.2. The van der Waals surface area contributed by atoms with E-state index in [0.29, 0.717) is 11.8 Å². The number of hydrogen-bond donors (Lipinski definition) is 0. The van der Waals surface area contributed by atoms with E-state index >= 15 is 0 Å². The summed E-state index contributed by atoms with van der Waals surface area (Å²) in [6, 6.07) is 4.42. The summed E-state index contributed by atoms with van der Waals surface area (Å²) in [5.41, 5.74) is 0.967. The van der Waals surface area contributed by atoms with Crippen molar-refractivity contribution in [1.82, 2.24) is 0 Å². The van der Waals surface area contributed by atoms with Gasteiger partial charge < -0.3 is 0 Å². The summed E-state index contributed by atoms with van der Waals surface area (Å²) in [7, 11) is 0. The van der Waals surface area contributed by atoms with Gasteiger partial charge in [-0.15, -0.1) is 0 Å². The van der Waals surface area contributed by atoms with Gasteiger partial charge in [0.25, 0.3) is 0 Å². The van der Waals surface area contributed by atoms with Gasteiger partial charge in [0.15, 0.2) is 11.6 Å². The van der Waals surface area contributed by atoms with E-state index in [0.717, 1.165) is 30.2 Å². The topological polar surface area (TPSA) is 0 Å². The molecule has 0 nitrogen and oxygen atoms in total. The highest BCUT2D eigenvalue weighted by Crippen LogP contribution is 2.37. The van der Waals surface area contributed by atoms with Crippen molar-refractivity contribution in [2.24, 2.45) is 17.8 Å². The van der Waals surface area contributed by atoms with Crippen LogP contribution in [0, 0.1) is 29.4 Å². The van der Waals surface area contributed by atoms with Crippen LogP contribution in [0.3, 0.4) is 0 Å². The highest BCUT2D eigenvalue weighted by atomic mass is 19.2. The average molecular weight is 361 g/mol. The van der Waals surface area contributed by atoms with Gasteiger partial charge in [0.2, 0.25) is 0 Å². The molecule has 0 spiro atoms. The van der Waals surface area contributed by atoms with Crippen molar-refractivity contribution in [3.8, 4) is 0 Å². The van der Waals surface area contributed by atoms with Crippen molar-refractivity contribution in [3.63, 3.8) is 0 Å². The Morgan fingerprint density at radius 1 is 0.885 bits per heavy atom. The van der Waals surface area contributed by atoms with Gasteiger partial charge >= 0.3 is 0 Å². The monoisotopic (exact) mass is 360 g/mol. The van der Waals surface area contributed by atoms with Gasteiger partial charge in [0, 0.05) is 0 Å². The van der Waals surface area contributed by atoms with Crippen LogP contribution >= 0.6 is 0 Å². The zero-order chi connectivity index (χ0) is 18.4. The molecule has 2 heteroatoms. The third-order valence-corrected chi connectivity index (χ3v) is 6.88. The molecule has 3 rings (SSSR count). The predicted octanol–water partition coefficient (Wildman–Crippen LogP) is 7.79. The molecule has 0 N–H and O–H groups in total. The van der Waals surface area contributed by atoms with E-state index < -0.39 is 11.6 Å². The second-order valence-corrected chi connectivity index (χ2v) is 8.59. The number of benzene rings is 1. The van der Waals surface area contributed by atoms with Gasteiger partial charge in [-0.05, 0) is 79.9 Å². The SMILES string of the molecule is CCC1CCC(CC/C=C/C2CCC(c3ccc(F)c(F)c3)CC2)CC1. The lowest BCUT2D eigenvalue weighted by Crippen LogP contribution is -2.13. The summed E-state index contributed by atoms with van der Waals surface area (Å²) in [6.45, 7) is 2.33. The number of halogens is 2. The van der Waals surface area contributed by atoms with Gasteiger partial charge in [-0.3, -0.25) is 0 Å². The summed E-state index contributed by atoms with van der Waals surface area (Å²) in [4.78, 5) is 0. The normalized spacial score (nSPS) is 30.0. The van der Waals surface area contributed by atoms with Crippen LogP contribution in [0.25, 0.3) is 0 Å². The Balaban J connectivity index is 1.36. The lowest BCUT2D eigenvalue weighted by Gasteiger charge is -2.28. The Morgan fingerprint density at radius 2 is 1.58 bits per heavy atom. The van der Waals surface area contributed by atoms with Crippen LogP contribution in [-0.4, -0.2) is 0 Å². The summed E-state index contributed by atoms with van der Waals surface area (Å²) >= 11 is 0. The molecule has 0 saturated heterocycles. The molecule has 2 saturated carbocycles. The molecule has 2 fully saturated rings. The first-order valence-electron chi connectivity index (χ1n) is 10.8. The lowest BCUT2D eigenvalue weighted by molar-refractivity contribution is 0.259. The van der Waals surface area contributed by atoms with Crippen LogP contribution in [0.5, 0.6) is 0 Å². The fourth-order valence-corrected chi connectivity index (χ4v) is 4.96. The van der Waals surface area contributed by atoms with E-state index in [1.165, 1.54) is 69.9 Å². The molecule has 26 heavy (non-hydrogen) atoms. The zero-order valence-corrected chi connectivity index (χ0v) is 16.2. The molecule has 0 atom stereocenters. The fourth-order valence-electron chi connectivity index (χ4n) is 4.96. The molecule has 0 aliphatic heterocycles. The Bertz CT molecular complexity index is 576. The predicted molar refractivity (Wildman–Crippen MR) is 105 cm³/mol. The van der Waals surface area contributed by atoms with E-state index in [1.807, 2.05) is 0 Å². The Hall–Kier alpha value is -1.18. The van der Waals surface area contributed by atoms with Crippen LogP contribution in [0.15, 0.2) is 30.4 Å². The van der Waals surface area contributed by atoms with Crippen LogP contribution in [0.2, 0.25) is 0 Å². The number of hydrogen-bond acceptors (Lipinski definition) is 0. The average Bonchev–Trinajstić information content (AvgIpc) is 2.68. The fraction of sp³-hybridized carbons (Fsp3) is 0.667. The molecule has 1 aromatic carbocycles. The molecule has 1 aromatic rings. The second-order valence-electron chi connectivity index (χ2n) is 8.59. The molecule has 144 valence electrons. The van der Waals surface area contributed by atoms with Crippen molar-refractivity contribution in [2.45, 2.75) is 83.5 Å². The maximum atomic E-state index is 13.4. The minimum absolute atomic E-state index is 0.392. The molecule has 2 aliphatic rings. The van der Waals surface area contributed by atoms with Gasteiger partial charge in [-0.1, -0.05) is 57.2 Å². The highest BCUT2D eigenvalue weighted by molar-refractivity contribution is 5.22. The van der Waals surface area contributed by atoms with Crippen molar-refractivity contribution in [3.05, 3.63) is 47.5 Å². The van der Waals surface area contributed by atoms with Gasteiger partial charge in [0.1, 0.15) is 0 Å². The minimum Gasteiger partial charge on any atom is -0.204 e. The summed E-state index contributed by atoms with van der Waals surface area (Å²) in [5.74, 6) is 1.56. The van der Waals surface area contributed by atoms with E-state index in [9.17, 15) is 8.78 Å². The van der Waals surface area contributed by atoms with Crippen LogP contribution in [0.1, 0.15) is 89.0 Å². The summed E-state index contributed by atoms with van der Waals surface area (Å²) < 4.78 is 26.5. The van der Waals surface area contributed by atoms with Crippen molar-refractivity contribution < 1.29 is 8.78 Å². The standard InChI is InChI=1S/C24H34F2/c1-2-18-7-9-19(10-8-18)5-3-4-6-20-11-13-21(14-12-20)22-15-16-23(25)24(26)17-22/h4,6,15-21H,2-3,5,7-14H2,1H3/b6-4+. The first kappa shape index (κ1) is 19.6. The molecule has 0 aromatic heterocycles. The Morgan fingerprint density at radius 3 is 2.23 bits per heavy atom. The second kappa shape index (κ2) is 9.67. The highest BCUT2D eigenvalue weighted by Gasteiger charge is 2.22. The molecule has 0 radical (unpaired) electrons. The van der Waals surface area contributed by atoms with Crippen molar-refractivity contribution >= 4 is 0 Å². The van der Waals surface area contributed by atoms with Crippen LogP contribution < -0.4 is 0 Å². The quantitative estimate of drug-likeness (QED) is 0.454. The minimum atomic E-state index is -0.742. The smallest absolute Gasteiger partial charge is 0.159 e. The van der Waals surface area contributed by atoms with E-state index in [1.54, 1.807) is 6.07 Å². The Labute approximate surface area is 158 Å². The van der Waals surface area contributed by atoms with Gasteiger partial charge in [0.05, 0.1) is 0 Å². The first-order chi connectivity index (χ1) is 12.7. The van der Waals surface area contributed by atoms with E-state index in [2.05, 4.69) is 19.1 Å². The van der Waals surface area contributed by atoms with Crippen LogP contribution in [0.4, 0.5) is 8.78 Å². The lowest BCUT2D eigenvalue weighted by atomic mass is 9.78. The molecular weight excluding hydrogens is 326 g/mol. The summed E-state index contributed by atoms with van der Waals surface area (Å²) in [6.07, 6.45) is 19.1. The molecule has 0 heterocycles. The third kappa shape index (κ3) is 5.41. The maximum absolute atomic E-state index is 13.4. The largest absolute Gasteiger partial charge is 0.204 e. The van der Waals surface area contributed by atoms with Crippen LogP contribution in [-0.2, 0) is 0 Å². The Kier molecular flexibility index (Phi) is 7.28. The van der Waals surface area contributed by atoms with E-state index in [4.69, 9.17) is 0 Å². The van der Waals surface area contributed by atoms with Gasteiger partial charge in [-0.2, -0.15) is 0 Å². The van der Waals surface area contributed by atoms with Crippen molar-refractivity contribution in [1.29, 1.82) is 0 Å². The molecule has 0 amide bonds. The third-order valence-electron chi connectivity index (χ3n) is 6.88. The molecule has 2 aliphatic carbocycles. The first-order valence-corrected chi connectivity index (χ1v) is 10.8. The molecule has 0 bridgehead atoms.